The van der Waals surface area contributed by atoms with Gasteiger partial charge in [0.25, 0.3) is 0 Å². The molecular weight excluding hydrogens is 295 g/mol. The number of aromatic amines is 1. The Bertz CT molecular complexity index is 728. The Morgan fingerprint density at radius 1 is 1.43 bits per heavy atom. The first-order chi connectivity index (χ1) is 11.2. The number of benzene rings is 1. The highest BCUT2D eigenvalue weighted by Crippen LogP contribution is 2.36. The van der Waals surface area contributed by atoms with Crippen LogP contribution in [0.3, 0.4) is 0 Å². The summed E-state index contributed by atoms with van der Waals surface area (Å²) in [6.45, 7) is 2.13. The maximum absolute atomic E-state index is 13.2. The van der Waals surface area contributed by atoms with Crippen molar-refractivity contribution in [3.63, 3.8) is 0 Å². The number of carbonyl (C=O) groups excluding carboxylic acids is 1. The molecule has 0 spiro atoms. The fourth-order valence-corrected chi connectivity index (χ4v) is 3.93. The van der Waals surface area contributed by atoms with Crippen molar-refractivity contribution in [1.82, 2.24) is 20.2 Å². The number of imidazole rings is 1. The number of fused-ring (bicyclic) bond motifs is 3. The molecule has 0 radical (unpaired) electrons. The first-order valence-corrected chi connectivity index (χ1v) is 8.32. The highest BCUT2D eigenvalue weighted by atomic mass is 19.1. The molecule has 5 nitrogen and oxygen atoms in total. The fraction of sp³-hybridized carbons (Fsp3) is 0.529. The minimum Gasteiger partial charge on any atom is -0.355 e. The van der Waals surface area contributed by atoms with Crippen LogP contribution in [0.1, 0.15) is 25.1 Å². The number of nitrogens with zero attached hydrogens (tertiary/aromatic N) is 2. The molecule has 2 atom stereocenters. The number of H-pyrrole nitrogens is 1. The minimum absolute atomic E-state index is 0.0831. The number of carbonyl (C=O) groups is 1. The van der Waals surface area contributed by atoms with Crippen molar-refractivity contribution in [3.05, 3.63) is 29.8 Å². The molecule has 1 aliphatic carbocycles. The lowest BCUT2D eigenvalue weighted by atomic mass is 10.1. The molecule has 2 fully saturated rings. The summed E-state index contributed by atoms with van der Waals surface area (Å²) in [4.78, 5) is 21.9. The maximum Gasteiger partial charge on any atom is 0.234 e. The number of aromatic nitrogens is 2. The molecule has 6 heteroatoms. The SMILES string of the molecule is O=C(CN1C[C@@H]2CC[C@H]1C2)NCCc1nc2ccc(F)cc2[nH]1. The second kappa shape index (κ2) is 5.92. The van der Waals surface area contributed by atoms with Gasteiger partial charge < -0.3 is 10.3 Å². The monoisotopic (exact) mass is 316 g/mol. The van der Waals surface area contributed by atoms with Crippen LogP contribution in [0.2, 0.25) is 0 Å². The molecule has 1 aromatic heterocycles. The Balaban J connectivity index is 1.26. The zero-order chi connectivity index (χ0) is 15.8. The maximum atomic E-state index is 13.2. The predicted molar refractivity (Wildman–Crippen MR) is 85.5 cm³/mol. The molecule has 2 aliphatic rings. The molecule has 1 amide bonds. The number of likely N-dealkylation sites (tertiary alicyclic amines) is 1. The van der Waals surface area contributed by atoms with Gasteiger partial charge in [0, 0.05) is 25.6 Å². The number of rotatable bonds is 5. The molecule has 2 heterocycles. The molecule has 4 rings (SSSR count). The van der Waals surface area contributed by atoms with Crippen LogP contribution in [0.15, 0.2) is 18.2 Å². The van der Waals surface area contributed by atoms with E-state index in [1.807, 2.05) is 0 Å². The van der Waals surface area contributed by atoms with Crippen molar-refractivity contribution in [2.75, 3.05) is 19.6 Å². The summed E-state index contributed by atoms with van der Waals surface area (Å²) < 4.78 is 13.2. The minimum atomic E-state index is -0.277. The van der Waals surface area contributed by atoms with E-state index in [1.54, 1.807) is 6.07 Å². The highest BCUT2D eigenvalue weighted by Gasteiger charge is 2.38. The summed E-state index contributed by atoms with van der Waals surface area (Å²) >= 11 is 0. The van der Waals surface area contributed by atoms with E-state index in [0.717, 1.165) is 23.8 Å². The molecular formula is C17H21FN4O. The van der Waals surface area contributed by atoms with Crippen molar-refractivity contribution in [2.45, 2.75) is 31.7 Å². The molecule has 23 heavy (non-hydrogen) atoms. The first-order valence-electron chi connectivity index (χ1n) is 8.32. The number of hydrogen-bond acceptors (Lipinski definition) is 3. The van der Waals surface area contributed by atoms with Crippen LogP contribution < -0.4 is 5.32 Å². The standard InChI is InChI=1S/C17H21FN4O/c18-12-2-4-14-15(8-12)21-16(20-14)5-6-19-17(23)10-22-9-11-1-3-13(22)7-11/h2,4,8,11,13H,1,3,5-7,9-10H2,(H,19,23)(H,20,21)/t11-,13+/m1/s1. The van der Waals surface area contributed by atoms with Gasteiger partial charge in [-0.3, -0.25) is 9.69 Å². The van der Waals surface area contributed by atoms with E-state index in [0.29, 0.717) is 31.1 Å². The Kier molecular flexibility index (Phi) is 3.77. The van der Waals surface area contributed by atoms with Gasteiger partial charge in [-0.2, -0.15) is 0 Å². The molecule has 1 saturated carbocycles. The summed E-state index contributed by atoms with van der Waals surface area (Å²) in [5, 5.41) is 2.96. The van der Waals surface area contributed by atoms with Gasteiger partial charge in [0.15, 0.2) is 0 Å². The lowest BCUT2D eigenvalue weighted by Crippen LogP contribution is -2.41. The molecule has 2 aromatic rings. The van der Waals surface area contributed by atoms with Gasteiger partial charge in [-0.05, 0) is 43.4 Å². The van der Waals surface area contributed by atoms with Gasteiger partial charge in [0.1, 0.15) is 11.6 Å². The lowest BCUT2D eigenvalue weighted by Gasteiger charge is -2.25. The third kappa shape index (κ3) is 3.08. The molecule has 2 N–H and O–H groups in total. The van der Waals surface area contributed by atoms with E-state index in [-0.39, 0.29) is 11.7 Å². The molecule has 1 aliphatic heterocycles. The van der Waals surface area contributed by atoms with Crippen LogP contribution in [0.25, 0.3) is 11.0 Å². The summed E-state index contributed by atoms with van der Waals surface area (Å²) in [5.41, 5.74) is 1.44. The Hall–Kier alpha value is -1.95. The van der Waals surface area contributed by atoms with E-state index in [4.69, 9.17) is 0 Å². The van der Waals surface area contributed by atoms with E-state index in [9.17, 15) is 9.18 Å². The third-order valence-electron chi connectivity index (χ3n) is 5.05. The molecule has 1 saturated heterocycles. The van der Waals surface area contributed by atoms with E-state index in [2.05, 4.69) is 20.2 Å². The largest absolute Gasteiger partial charge is 0.355 e. The Morgan fingerprint density at radius 3 is 3.13 bits per heavy atom. The number of hydrogen-bond donors (Lipinski definition) is 2. The topological polar surface area (TPSA) is 61.0 Å². The van der Waals surface area contributed by atoms with Gasteiger partial charge in [0.05, 0.1) is 17.6 Å². The average Bonchev–Trinajstić information content (AvgIpc) is 3.21. The van der Waals surface area contributed by atoms with Crippen LogP contribution >= 0.6 is 0 Å². The zero-order valence-corrected chi connectivity index (χ0v) is 13.0. The molecule has 0 unspecified atom stereocenters. The molecule has 122 valence electrons. The van der Waals surface area contributed by atoms with Gasteiger partial charge in [-0.15, -0.1) is 0 Å². The van der Waals surface area contributed by atoms with Crippen molar-refractivity contribution >= 4 is 16.9 Å². The number of piperidine rings is 1. The van der Waals surface area contributed by atoms with Crippen LogP contribution in [0.4, 0.5) is 4.39 Å². The van der Waals surface area contributed by atoms with Crippen molar-refractivity contribution in [3.8, 4) is 0 Å². The zero-order valence-electron chi connectivity index (χ0n) is 13.0. The number of nitrogens with one attached hydrogen (secondary N) is 2. The van der Waals surface area contributed by atoms with Crippen molar-refractivity contribution in [2.24, 2.45) is 5.92 Å². The second-order valence-electron chi connectivity index (χ2n) is 6.71. The highest BCUT2D eigenvalue weighted by molar-refractivity contribution is 5.78. The summed E-state index contributed by atoms with van der Waals surface area (Å²) in [6, 6.07) is 5.12. The summed E-state index contributed by atoms with van der Waals surface area (Å²) in [5.74, 6) is 1.38. The van der Waals surface area contributed by atoms with Gasteiger partial charge in [-0.25, -0.2) is 9.37 Å². The smallest absolute Gasteiger partial charge is 0.234 e. The molecule has 1 aromatic carbocycles. The quantitative estimate of drug-likeness (QED) is 0.885. The van der Waals surface area contributed by atoms with Crippen LogP contribution in [0.5, 0.6) is 0 Å². The fourth-order valence-electron chi connectivity index (χ4n) is 3.93. The lowest BCUT2D eigenvalue weighted by molar-refractivity contribution is -0.122. The predicted octanol–water partition coefficient (Wildman–Crippen LogP) is 1.84. The van der Waals surface area contributed by atoms with E-state index < -0.39 is 0 Å². The van der Waals surface area contributed by atoms with E-state index in [1.165, 1.54) is 31.4 Å². The number of amides is 1. The van der Waals surface area contributed by atoms with Crippen LogP contribution in [-0.4, -0.2) is 46.5 Å². The van der Waals surface area contributed by atoms with Gasteiger partial charge in [0.2, 0.25) is 5.91 Å². The van der Waals surface area contributed by atoms with Crippen LogP contribution in [0, 0.1) is 11.7 Å². The van der Waals surface area contributed by atoms with Gasteiger partial charge >= 0.3 is 0 Å². The Morgan fingerprint density at radius 2 is 2.35 bits per heavy atom. The Labute approximate surface area is 134 Å². The third-order valence-corrected chi connectivity index (χ3v) is 5.05. The normalized spacial score (nSPS) is 23.7. The number of halogens is 1. The molecule has 2 bridgehead atoms. The van der Waals surface area contributed by atoms with Crippen molar-refractivity contribution in [1.29, 1.82) is 0 Å². The van der Waals surface area contributed by atoms with Gasteiger partial charge in [-0.1, -0.05) is 0 Å². The first kappa shape index (κ1) is 14.6. The second-order valence-corrected chi connectivity index (χ2v) is 6.71. The van der Waals surface area contributed by atoms with Crippen molar-refractivity contribution < 1.29 is 9.18 Å². The van der Waals surface area contributed by atoms with Crippen LogP contribution in [-0.2, 0) is 11.2 Å². The summed E-state index contributed by atoms with van der Waals surface area (Å²) in [7, 11) is 0. The van der Waals surface area contributed by atoms with E-state index >= 15 is 0 Å². The average molecular weight is 316 g/mol. The summed E-state index contributed by atoms with van der Waals surface area (Å²) in [6.07, 6.45) is 4.46.